The van der Waals surface area contributed by atoms with Crippen LogP contribution in [0.25, 0.3) is 0 Å². The second kappa shape index (κ2) is 6.98. The summed E-state index contributed by atoms with van der Waals surface area (Å²) in [5.74, 6) is 0. The molecule has 0 aliphatic carbocycles. The van der Waals surface area contributed by atoms with Crippen LogP contribution in [-0.4, -0.2) is 50.3 Å². The molecule has 2 rings (SSSR count). The summed E-state index contributed by atoms with van der Waals surface area (Å²) in [5.41, 5.74) is 1.57. The first-order chi connectivity index (χ1) is 9.24. The Bertz CT molecular complexity index is 357. The molecule has 1 aromatic heterocycles. The lowest BCUT2D eigenvalue weighted by Gasteiger charge is -2.39. The lowest BCUT2D eigenvalue weighted by molar-refractivity contribution is -0.0228. The second-order valence-electron chi connectivity index (χ2n) is 5.71. The van der Waals surface area contributed by atoms with E-state index in [4.69, 9.17) is 4.74 Å². The van der Waals surface area contributed by atoms with Crippen LogP contribution in [0.15, 0.2) is 24.5 Å². The number of hydrogen-bond acceptors (Lipinski definition) is 4. The molecule has 1 fully saturated rings. The normalized spacial score (nSPS) is 23.7. The summed E-state index contributed by atoms with van der Waals surface area (Å²) in [7, 11) is 4.21. The molecule has 1 atom stereocenters. The lowest BCUT2D eigenvalue weighted by Crippen LogP contribution is -2.47. The Hall–Kier alpha value is -0.970. The monoisotopic (exact) mass is 263 g/mol. The zero-order valence-corrected chi connectivity index (χ0v) is 12.1. The Balaban J connectivity index is 1.93. The van der Waals surface area contributed by atoms with Crippen LogP contribution < -0.4 is 5.32 Å². The van der Waals surface area contributed by atoms with Crippen LogP contribution in [0.2, 0.25) is 0 Å². The van der Waals surface area contributed by atoms with E-state index < -0.39 is 0 Å². The van der Waals surface area contributed by atoms with Gasteiger partial charge in [-0.25, -0.2) is 0 Å². The molecule has 4 heteroatoms. The summed E-state index contributed by atoms with van der Waals surface area (Å²) in [6, 6.07) is 4.16. The van der Waals surface area contributed by atoms with Crippen molar-refractivity contribution in [3.8, 4) is 0 Å². The van der Waals surface area contributed by atoms with Gasteiger partial charge in [-0.3, -0.25) is 4.98 Å². The second-order valence-corrected chi connectivity index (χ2v) is 5.71. The molecule has 0 spiro atoms. The van der Waals surface area contributed by atoms with Gasteiger partial charge in [-0.05, 0) is 44.6 Å². The Kier molecular flexibility index (Phi) is 5.31. The molecule has 1 aliphatic heterocycles. The highest BCUT2D eigenvalue weighted by Gasteiger charge is 2.33. The first kappa shape index (κ1) is 14.4. The van der Waals surface area contributed by atoms with E-state index >= 15 is 0 Å². The van der Waals surface area contributed by atoms with Crippen LogP contribution in [-0.2, 0) is 11.3 Å². The standard InChI is InChI=1S/C15H25N3O/c1-16-11-15(6-3-9-19-13-15)12-18(2)10-14-4-7-17-8-5-14/h4-5,7-8,16H,3,6,9-13H2,1-2H3. The summed E-state index contributed by atoms with van der Waals surface area (Å²) < 4.78 is 5.71. The molecule has 0 bridgehead atoms. The van der Waals surface area contributed by atoms with Crippen molar-refractivity contribution in [2.45, 2.75) is 19.4 Å². The molecule has 0 aromatic carbocycles. The molecule has 0 amide bonds. The number of ether oxygens (including phenoxy) is 1. The number of nitrogens with one attached hydrogen (secondary N) is 1. The number of nitrogens with zero attached hydrogens (tertiary/aromatic N) is 2. The van der Waals surface area contributed by atoms with E-state index in [9.17, 15) is 0 Å². The molecule has 0 radical (unpaired) electrons. The fraction of sp³-hybridized carbons (Fsp3) is 0.667. The highest BCUT2D eigenvalue weighted by atomic mass is 16.5. The van der Waals surface area contributed by atoms with Crippen molar-refractivity contribution in [1.82, 2.24) is 15.2 Å². The van der Waals surface area contributed by atoms with E-state index in [0.29, 0.717) is 0 Å². The fourth-order valence-electron chi connectivity index (χ4n) is 3.03. The zero-order chi connectivity index (χ0) is 13.6. The summed E-state index contributed by atoms with van der Waals surface area (Å²) in [6.07, 6.45) is 6.13. The van der Waals surface area contributed by atoms with Crippen LogP contribution in [0.3, 0.4) is 0 Å². The number of hydrogen-bond donors (Lipinski definition) is 1. The van der Waals surface area contributed by atoms with E-state index in [2.05, 4.69) is 34.4 Å². The molecule has 106 valence electrons. The van der Waals surface area contributed by atoms with Gasteiger partial charge in [0.2, 0.25) is 0 Å². The summed E-state index contributed by atoms with van der Waals surface area (Å²) >= 11 is 0. The first-order valence-electron chi connectivity index (χ1n) is 7.04. The quantitative estimate of drug-likeness (QED) is 0.844. The van der Waals surface area contributed by atoms with Crippen LogP contribution in [0.4, 0.5) is 0 Å². The van der Waals surface area contributed by atoms with E-state index in [-0.39, 0.29) is 5.41 Å². The maximum absolute atomic E-state index is 5.71. The minimum absolute atomic E-state index is 0.259. The van der Waals surface area contributed by atoms with Gasteiger partial charge >= 0.3 is 0 Å². The molecular formula is C15H25N3O. The maximum atomic E-state index is 5.71. The topological polar surface area (TPSA) is 37.4 Å². The molecule has 2 heterocycles. The van der Waals surface area contributed by atoms with Crippen molar-refractivity contribution in [3.05, 3.63) is 30.1 Å². The van der Waals surface area contributed by atoms with E-state index in [1.54, 1.807) is 0 Å². The van der Waals surface area contributed by atoms with E-state index in [1.807, 2.05) is 19.4 Å². The minimum Gasteiger partial charge on any atom is -0.381 e. The zero-order valence-electron chi connectivity index (χ0n) is 12.1. The van der Waals surface area contributed by atoms with Gasteiger partial charge in [-0.2, -0.15) is 0 Å². The van der Waals surface area contributed by atoms with Crippen molar-refractivity contribution in [2.24, 2.45) is 5.41 Å². The first-order valence-corrected chi connectivity index (χ1v) is 7.04. The molecular weight excluding hydrogens is 238 g/mol. The van der Waals surface area contributed by atoms with Crippen molar-refractivity contribution in [3.63, 3.8) is 0 Å². The van der Waals surface area contributed by atoms with Gasteiger partial charge in [0.1, 0.15) is 0 Å². The van der Waals surface area contributed by atoms with Gasteiger partial charge in [0.05, 0.1) is 6.61 Å². The summed E-state index contributed by atoms with van der Waals surface area (Å²) in [6.45, 7) is 4.84. The van der Waals surface area contributed by atoms with Crippen molar-refractivity contribution in [2.75, 3.05) is 40.4 Å². The Morgan fingerprint density at radius 1 is 1.42 bits per heavy atom. The van der Waals surface area contributed by atoms with Gasteiger partial charge in [0.25, 0.3) is 0 Å². The fourth-order valence-corrected chi connectivity index (χ4v) is 3.03. The van der Waals surface area contributed by atoms with Gasteiger partial charge in [-0.1, -0.05) is 0 Å². The molecule has 1 saturated heterocycles. The molecule has 4 nitrogen and oxygen atoms in total. The Labute approximate surface area is 116 Å². The van der Waals surface area contributed by atoms with E-state index in [1.165, 1.54) is 18.4 Å². The maximum Gasteiger partial charge on any atom is 0.0546 e. The summed E-state index contributed by atoms with van der Waals surface area (Å²) in [4.78, 5) is 6.45. The molecule has 1 unspecified atom stereocenters. The van der Waals surface area contributed by atoms with Gasteiger partial charge < -0.3 is 15.0 Å². The Morgan fingerprint density at radius 2 is 2.21 bits per heavy atom. The highest BCUT2D eigenvalue weighted by Crippen LogP contribution is 2.29. The average molecular weight is 263 g/mol. The highest BCUT2D eigenvalue weighted by molar-refractivity contribution is 5.09. The smallest absolute Gasteiger partial charge is 0.0546 e. The van der Waals surface area contributed by atoms with Crippen LogP contribution in [0, 0.1) is 5.41 Å². The number of rotatable bonds is 6. The van der Waals surface area contributed by atoms with Crippen LogP contribution >= 0.6 is 0 Å². The number of aromatic nitrogens is 1. The van der Waals surface area contributed by atoms with Crippen LogP contribution in [0.1, 0.15) is 18.4 Å². The minimum atomic E-state index is 0.259. The predicted octanol–water partition coefficient (Wildman–Crippen LogP) is 1.53. The molecule has 1 aromatic rings. The van der Waals surface area contributed by atoms with E-state index in [0.717, 1.165) is 32.8 Å². The molecule has 0 saturated carbocycles. The van der Waals surface area contributed by atoms with Crippen molar-refractivity contribution in [1.29, 1.82) is 0 Å². The van der Waals surface area contributed by atoms with Crippen molar-refractivity contribution >= 4 is 0 Å². The average Bonchev–Trinajstić information content (AvgIpc) is 2.40. The third kappa shape index (κ3) is 4.27. The Morgan fingerprint density at radius 3 is 2.84 bits per heavy atom. The molecule has 1 N–H and O–H groups in total. The third-order valence-corrected chi connectivity index (χ3v) is 3.76. The molecule has 19 heavy (non-hydrogen) atoms. The third-order valence-electron chi connectivity index (χ3n) is 3.76. The molecule has 1 aliphatic rings. The van der Waals surface area contributed by atoms with Crippen LogP contribution in [0.5, 0.6) is 0 Å². The predicted molar refractivity (Wildman–Crippen MR) is 77.0 cm³/mol. The van der Waals surface area contributed by atoms with Gasteiger partial charge in [0.15, 0.2) is 0 Å². The number of pyridine rings is 1. The SMILES string of the molecule is CNCC1(CN(C)Cc2ccncc2)CCCOC1. The van der Waals surface area contributed by atoms with Gasteiger partial charge in [-0.15, -0.1) is 0 Å². The van der Waals surface area contributed by atoms with Gasteiger partial charge in [0, 0.05) is 44.0 Å². The largest absolute Gasteiger partial charge is 0.381 e. The lowest BCUT2D eigenvalue weighted by atomic mass is 9.82. The summed E-state index contributed by atoms with van der Waals surface area (Å²) in [5, 5.41) is 3.33. The van der Waals surface area contributed by atoms with Crippen molar-refractivity contribution < 1.29 is 4.74 Å².